The van der Waals surface area contributed by atoms with E-state index < -0.39 is 17.7 Å². The van der Waals surface area contributed by atoms with Gasteiger partial charge in [0.15, 0.2) is 0 Å². The maximum atomic E-state index is 14.1. The molecule has 5 nitrogen and oxygen atoms in total. The summed E-state index contributed by atoms with van der Waals surface area (Å²) in [5.41, 5.74) is 9.04. The van der Waals surface area contributed by atoms with Crippen molar-refractivity contribution in [3.8, 4) is 0 Å². The van der Waals surface area contributed by atoms with Crippen molar-refractivity contribution < 1.29 is 13.5 Å². The number of fused-ring (bicyclic) bond motifs is 1. The number of nitrogens with two attached hydrogens (primary N) is 1. The Balaban J connectivity index is 1.29. The molecule has 1 aromatic heterocycles. The quantitative estimate of drug-likeness (QED) is 0.874. The summed E-state index contributed by atoms with van der Waals surface area (Å²) in [6.07, 6.45) is 2.58. The monoisotopic (exact) mass is 388 g/mol. The molecule has 3 atom stereocenters. The van der Waals surface area contributed by atoms with Gasteiger partial charge in [-0.3, -0.25) is 4.90 Å². The van der Waals surface area contributed by atoms with E-state index in [4.69, 9.17) is 15.5 Å². The van der Waals surface area contributed by atoms with Crippen molar-refractivity contribution in [2.75, 3.05) is 6.61 Å². The Hall–Kier alpha value is -1.83. The van der Waals surface area contributed by atoms with Crippen molar-refractivity contribution in [2.45, 2.75) is 69.9 Å². The highest BCUT2D eigenvalue weighted by molar-refractivity contribution is 5.26. The predicted molar refractivity (Wildman–Crippen MR) is 101 cm³/mol. The Bertz CT molecular complexity index is 895. The highest BCUT2D eigenvalue weighted by Gasteiger charge is 2.39. The molecule has 1 aliphatic carbocycles. The lowest BCUT2D eigenvalue weighted by molar-refractivity contribution is -0.0535. The molecule has 1 saturated carbocycles. The predicted octanol–water partition coefficient (Wildman–Crippen LogP) is 3.23. The largest absolute Gasteiger partial charge is 0.370 e. The molecule has 150 valence electrons. The molecule has 3 aliphatic rings. The van der Waals surface area contributed by atoms with Gasteiger partial charge in [-0.25, -0.2) is 13.8 Å². The molecule has 28 heavy (non-hydrogen) atoms. The zero-order chi connectivity index (χ0) is 19.4. The van der Waals surface area contributed by atoms with Gasteiger partial charge in [-0.05, 0) is 44.4 Å². The number of hydrogen-bond donors (Lipinski definition) is 1. The van der Waals surface area contributed by atoms with Crippen LogP contribution in [0.1, 0.15) is 61.0 Å². The van der Waals surface area contributed by atoms with Crippen molar-refractivity contribution in [1.29, 1.82) is 0 Å². The second kappa shape index (κ2) is 6.90. The van der Waals surface area contributed by atoms with Crippen LogP contribution >= 0.6 is 0 Å². The van der Waals surface area contributed by atoms with E-state index in [-0.39, 0.29) is 17.6 Å². The van der Waals surface area contributed by atoms with E-state index >= 15 is 0 Å². The molecule has 0 unspecified atom stereocenters. The number of halogens is 2. The molecule has 3 heterocycles. The minimum absolute atomic E-state index is 0.159. The average Bonchev–Trinajstić information content (AvgIpc) is 3.35. The maximum absolute atomic E-state index is 14.1. The number of aromatic nitrogens is 2. The van der Waals surface area contributed by atoms with Crippen LogP contribution in [0.25, 0.3) is 0 Å². The van der Waals surface area contributed by atoms with Gasteiger partial charge >= 0.3 is 0 Å². The fourth-order valence-corrected chi connectivity index (χ4v) is 4.72. The fourth-order valence-electron chi connectivity index (χ4n) is 4.72. The summed E-state index contributed by atoms with van der Waals surface area (Å²) in [7, 11) is 0. The Morgan fingerprint density at radius 1 is 1.25 bits per heavy atom. The number of hydrogen-bond acceptors (Lipinski definition) is 4. The van der Waals surface area contributed by atoms with E-state index in [9.17, 15) is 8.78 Å². The van der Waals surface area contributed by atoms with Crippen LogP contribution < -0.4 is 5.73 Å². The van der Waals surface area contributed by atoms with E-state index in [1.165, 1.54) is 36.1 Å². The lowest BCUT2D eigenvalue weighted by Crippen LogP contribution is -2.47. The standard InChI is InChI=1S/C21H26F2N4O/c1-2-27-19-10-26(9-18(19)25-21(27)12-3-4-12)14-8-17(24)20(28-11-14)15-7-13(22)5-6-16(15)23/h5-7,12,14,17,20H,2-4,8-11,24H2,1H3/t14-,17+,20-/m1/s1. The summed E-state index contributed by atoms with van der Waals surface area (Å²) in [4.78, 5) is 7.29. The third-order valence-corrected chi connectivity index (χ3v) is 6.33. The third-order valence-electron chi connectivity index (χ3n) is 6.33. The van der Waals surface area contributed by atoms with Gasteiger partial charge in [-0.2, -0.15) is 0 Å². The van der Waals surface area contributed by atoms with E-state index in [0.717, 1.165) is 31.8 Å². The molecule has 2 fully saturated rings. The van der Waals surface area contributed by atoms with Crippen molar-refractivity contribution in [1.82, 2.24) is 14.5 Å². The number of benzene rings is 1. The van der Waals surface area contributed by atoms with Crippen LogP contribution in [0.4, 0.5) is 8.78 Å². The minimum Gasteiger partial charge on any atom is -0.370 e. The van der Waals surface area contributed by atoms with E-state index in [1.807, 2.05) is 0 Å². The number of imidazole rings is 1. The number of ether oxygens (including phenoxy) is 1. The van der Waals surface area contributed by atoms with Gasteiger partial charge in [0.2, 0.25) is 0 Å². The summed E-state index contributed by atoms with van der Waals surface area (Å²) < 4.78 is 36.0. The zero-order valence-electron chi connectivity index (χ0n) is 16.1. The topological polar surface area (TPSA) is 56.3 Å². The summed E-state index contributed by atoms with van der Waals surface area (Å²) in [5.74, 6) is 0.957. The van der Waals surface area contributed by atoms with Crippen LogP contribution in [0.5, 0.6) is 0 Å². The third kappa shape index (κ3) is 3.06. The smallest absolute Gasteiger partial charge is 0.129 e. The Morgan fingerprint density at radius 3 is 2.79 bits per heavy atom. The fraction of sp³-hybridized carbons (Fsp3) is 0.571. The Kier molecular flexibility index (Phi) is 4.49. The van der Waals surface area contributed by atoms with Gasteiger partial charge in [0.1, 0.15) is 23.6 Å². The normalized spacial score (nSPS) is 27.9. The second-order valence-corrected chi connectivity index (χ2v) is 8.26. The van der Waals surface area contributed by atoms with Gasteiger partial charge in [0, 0.05) is 43.2 Å². The van der Waals surface area contributed by atoms with Crippen molar-refractivity contribution in [2.24, 2.45) is 5.73 Å². The summed E-state index contributed by atoms with van der Waals surface area (Å²) in [5, 5.41) is 0. The van der Waals surface area contributed by atoms with Crippen LogP contribution in [-0.4, -0.2) is 33.1 Å². The molecule has 5 rings (SSSR count). The first-order valence-electron chi connectivity index (χ1n) is 10.2. The molecular formula is C21H26F2N4O. The molecule has 1 saturated heterocycles. The summed E-state index contributed by atoms with van der Waals surface area (Å²) in [6.45, 7) is 5.24. The summed E-state index contributed by atoms with van der Waals surface area (Å²) >= 11 is 0. The van der Waals surface area contributed by atoms with Crippen LogP contribution in [0, 0.1) is 11.6 Å². The molecule has 0 bridgehead atoms. The highest BCUT2D eigenvalue weighted by Crippen LogP contribution is 2.42. The lowest BCUT2D eigenvalue weighted by Gasteiger charge is -2.38. The van der Waals surface area contributed by atoms with E-state index in [2.05, 4.69) is 16.4 Å². The van der Waals surface area contributed by atoms with Crippen LogP contribution in [-0.2, 0) is 24.4 Å². The van der Waals surface area contributed by atoms with E-state index in [1.54, 1.807) is 0 Å². The zero-order valence-corrected chi connectivity index (χ0v) is 16.1. The van der Waals surface area contributed by atoms with Crippen LogP contribution in [0.3, 0.4) is 0 Å². The SMILES string of the molecule is CCn1c(C2CC2)nc2c1CN([C@H]1CO[C@H](c3cc(F)ccc3F)[C@@H](N)C1)C2. The molecule has 0 radical (unpaired) electrons. The number of rotatable bonds is 4. The van der Waals surface area contributed by atoms with Gasteiger partial charge in [0.05, 0.1) is 18.0 Å². The highest BCUT2D eigenvalue weighted by atomic mass is 19.1. The molecule has 0 spiro atoms. The molecule has 7 heteroatoms. The molecule has 2 N–H and O–H groups in total. The molecule has 1 aromatic carbocycles. The average molecular weight is 388 g/mol. The van der Waals surface area contributed by atoms with Crippen molar-refractivity contribution >= 4 is 0 Å². The first-order valence-corrected chi connectivity index (χ1v) is 10.2. The maximum Gasteiger partial charge on any atom is 0.129 e. The second-order valence-electron chi connectivity index (χ2n) is 8.26. The molecule has 2 aromatic rings. The van der Waals surface area contributed by atoms with Gasteiger partial charge in [-0.1, -0.05) is 0 Å². The summed E-state index contributed by atoms with van der Waals surface area (Å²) in [6, 6.07) is 3.23. The van der Waals surface area contributed by atoms with Gasteiger partial charge < -0.3 is 15.0 Å². The Morgan fingerprint density at radius 2 is 2.07 bits per heavy atom. The van der Waals surface area contributed by atoms with Gasteiger partial charge in [-0.15, -0.1) is 0 Å². The first-order chi connectivity index (χ1) is 13.5. The van der Waals surface area contributed by atoms with Gasteiger partial charge in [0.25, 0.3) is 0 Å². The van der Waals surface area contributed by atoms with Crippen molar-refractivity contribution in [3.05, 3.63) is 52.6 Å². The van der Waals surface area contributed by atoms with Crippen LogP contribution in [0.2, 0.25) is 0 Å². The minimum atomic E-state index is -0.610. The molecule has 0 amide bonds. The lowest BCUT2D eigenvalue weighted by atomic mass is 9.93. The van der Waals surface area contributed by atoms with Crippen molar-refractivity contribution in [3.63, 3.8) is 0 Å². The molecular weight excluding hydrogens is 362 g/mol. The van der Waals surface area contributed by atoms with E-state index in [0.29, 0.717) is 18.9 Å². The van der Waals surface area contributed by atoms with Crippen LogP contribution in [0.15, 0.2) is 18.2 Å². The first kappa shape index (κ1) is 18.2. The Labute approximate surface area is 163 Å². The number of nitrogens with zero attached hydrogens (tertiary/aromatic N) is 3. The molecule has 2 aliphatic heterocycles.